The largest absolute Gasteiger partial charge is 0.464 e. The van der Waals surface area contributed by atoms with Gasteiger partial charge in [-0.1, -0.05) is 63.4 Å². The predicted molar refractivity (Wildman–Crippen MR) is 209 cm³/mol. The Bertz CT molecular complexity index is 2020. The van der Waals surface area contributed by atoms with Crippen molar-refractivity contribution in [2.24, 2.45) is 0 Å². The number of amides is 4. The highest BCUT2D eigenvalue weighted by molar-refractivity contribution is 6.21. The average molecular weight is 744 g/mol. The van der Waals surface area contributed by atoms with Crippen molar-refractivity contribution in [2.45, 2.75) is 92.5 Å². The van der Waals surface area contributed by atoms with E-state index in [4.69, 9.17) is 18.3 Å². The third-order valence-corrected chi connectivity index (χ3v) is 8.00. The molecule has 0 saturated heterocycles. The Hall–Kier alpha value is -5.62. The van der Waals surface area contributed by atoms with Crippen LogP contribution in [0.1, 0.15) is 88.2 Å². The van der Waals surface area contributed by atoms with Gasteiger partial charge in [0.1, 0.15) is 22.4 Å². The summed E-state index contributed by atoms with van der Waals surface area (Å²) in [6, 6.07) is 21.0. The van der Waals surface area contributed by atoms with E-state index in [0.717, 1.165) is 33.1 Å². The minimum absolute atomic E-state index is 0. The number of hydrogen-bond acceptors (Lipinski definition) is 9. The number of imide groups is 1. The lowest BCUT2D eigenvalue weighted by molar-refractivity contribution is 0.0466. The number of aliphatic hydroxyl groups excluding tert-OH is 1. The number of fused-ring (bicyclic) bond motifs is 3. The summed E-state index contributed by atoms with van der Waals surface area (Å²) in [5, 5.41) is 16.8. The molecule has 5 aromatic rings. The fourth-order valence-electron chi connectivity index (χ4n) is 5.81. The molecule has 12 nitrogen and oxygen atoms in total. The van der Waals surface area contributed by atoms with E-state index >= 15 is 0 Å². The lowest BCUT2D eigenvalue weighted by Crippen LogP contribution is -2.48. The van der Waals surface area contributed by atoms with E-state index in [-0.39, 0.29) is 39.8 Å². The highest BCUT2D eigenvalue weighted by atomic mass is 16.6. The molecular weight excluding hydrogens is 690 g/mol. The Labute approximate surface area is 316 Å². The number of benzene rings is 3. The highest BCUT2D eigenvalue weighted by Crippen LogP contribution is 2.26. The summed E-state index contributed by atoms with van der Waals surface area (Å²) < 4.78 is 21.6. The van der Waals surface area contributed by atoms with Gasteiger partial charge in [-0.25, -0.2) is 9.59 Å². The summed E-state index contributed by atoms with van der Waals surface area (Å²) in [4.78, 5) is 51.0. The van der Waals surface area contributed by atoms with Gasteiger partial charge in [0.2, 0.25) is 0 Å². The number of para-hydroxylation sites is 2. The molecule has 54 heavy (non-hydrogen) atoms. The standard InChI is InChI=1S/C24H24N2O5.C16H21NO4.2CH4/c1-24(2,3)31-23(29)25-16(12-15-14-30-20-11-7-6-8-17(15)20)13-26-21(27)18-9-4-5-10-19(18)22(26)28;1-16(2,3)21-15(19)17-12(9-18)8-11-10-20-14-7-5-4-6-13(11)14;;/h4-11,14,16H,12-13H2,1-3H3,(H,25,29);4-7,10,12,18H,8-9H2,1-3H3,(H,17,19);2*1H4/t16-;12-;;/m11../s1. The molecule has 1 aliphatic rings. The Morgan fingerprint density at radius 2 is 1.06 bits per heavy atom. The summed E-state index contributed by atoms with van der Waals surface area (Å²) in [6.45, 7) is 10.6. The number of aliphatic hydroxyl groups is 1. The smallest absolute Gasteiger partial charge is 0.407 e. The number of nitrogens with zero attached hydrogens (tertiary/aromatic N) is 1. The van der Waals surface area contributed by atoms with Gasteiger partial charge in [0.25, 0.3) is 11.8 Å². The van der Waals surface area contributed by atoms with Crippen LogP contribution in [0.4, 0.5) is 9.59 Å². The van der Waals surface area contributed by atoms with Gasteiger partial charge < -0.3 is 34.0 Å². The lowest BCUT2D eigenvalue weighted by atomic mass is 10.0. The van der Waals surface area contributed by atoms with Crippen LogP contribution in [0.15, 0.2) is 94.2 Å². The minimum Gasteiger partial charge on any atom is -0.464 e. The second kappa shape index (κ2) is 17.9. The van der Waals surface area contributed by atoms with Gasteiger partial charge in [0.05, 0.1) is 48.9 Å². The molecule has 6 rings (SSSR count). The van der Waals surface area contributed by atoms with Crippen molar-refractivity contribution in [3.05, 3.63) is 108 Å². The summed E-state index contributed by atoms with van der Waals surface area (Å²) in [5.41, 5.74) is 2.85. The number of hydrogen-bond donors (Lipinski definition) is 3. The maximum absolute atomic E-state index is 12.8. The second-order valence-corrected chi connectivity index (χ2v) is 14.6. The first-order chi connectivity index (χ1) is 24.6. The first-order valence-electron chi connectivity index (χ1n) is 17.1. The summed E-state index contributed by atoms with van der Waals surface area (Å²) >= 11 is 0. The van der Waals surface area contributed by atoms with Crippen LogP contribution >= 0.6 is 0 Å². The van der Waals surface area contributed by atoms with Crippen molar-refractivity contribution in [3.63, 3.8) is 0 Å². The van der Waals surface area contributed by atoms with Crippen molar-refractivity contribution in [1.29, 1.82) is 0 Å². The van der Waals surface area contributed by atoms with E-state index in [1.54, 1.807) is 78.3 Å². The maximum atomic E-state index is 12.8. The van der Waals surface area contributed by atoms with Crippen LogP contribution in [0.2, 0.25) is 0 Å². The molecule has 290 valence electrons. The molecule has 0 unspecified atom stereocenters. The number of ether oxygens (including phenoxy) is 2. The number of rotatable bonds is 9. The van der Waals surface area contributed by atoms with E-state index in [2.05, 4.69) is 10.6 Å². The quantitative estimate of drug-likeness (QED) is 0.126. The van der Waals surface area contributed by atoms with E-state index < -0.39 is 35.5 Å². The lowest BCUT2D eigenvalue weighted by Gasteiger charge is -2.26. The molecule has 0 fully saturated rings. The second-order valence-electron chi connectivity index (χ2n) is 14.6. The van der Waals surface area contributed by atoms with Gasteiger partial charge in [-0.2, -0.15) is 0 Å². The molecule has 0 aliphatic carbocycles. The summed E-state index contributed by atoms with van der Waals surface area (Å²) in [6.07, 6.45) is 2.99. The SMILES string of the molecule is C.C.CC(C)(C)OC(=O)N[C@@H](CO)Cc1coc2ccccc12.CC(C)(C)OC(=O)N[C@H](Cc1coc2ccccc12)CN1C(=O)c2ccccc2C1=O. The topological polar surface area (TPSA) is 161 Å². The van der Waals surface area contributed by atoms with Crippen LogP contribution in [-0.2, 0) is 22.3 Å². The van der Waals surface area contributed by atoms with Crippen LogP contribution in [0.5, 0.6) is 0 Å². The van der Waals surface area contributed by atoms with Gasteiger partial charge in [-0.15, -0.1) is 0 Å². The predicted octanol–water partition coefficient (Wildman–Crippen LogP) is 8.30. The molecule has 0 radical (unpaired) electrons. The monoisotopic (exact) mass is 743 g/mol. The van der Waals surface area contributed by atoms with E-state index in [1.807, 2.05) is 48.5 Å². The maximum Gasteiger partial charge on any atom is 0.407 e. The molecule has 0 bridgehead atoms. The molecule has 0 spiro atoms. The van der Waals surface area contributed by atoms with E-state index in [9.17, 15) is 24.3 Å². The molecule has 4 amide bonds. The van der Waals surface area contributed by atoms with E-state index in [0.29, 0.717) is 24.0 Å². The average Bonchev–Trinajstić information content (AvgIpc) is 3.74. The summed E-state index contributed by atoms with van der Waals surface area (Å²) in [7, 11) is 0. The van der Waals surface area contributed by atoms with Crippen molar-refractivity contribution in [2.75, 3.05) is 13.2 Å². The van der Waals surface area contributed by atoms with Crippen molar-refractivity contribution < 1.29 is 42.6 Å². The molecule has 3 heterocycles. The van der Waals surface area contributed by atoms with Crippen molar-refractivity contribution in [1.82, 2.24) is 15.5 Å². The normalized spacial score (nSPS) is 13.5. The van der Waals surface area contributed by atoms with Gasteiger partial charge in [0, 0.05) is 21.9 Å². The molecular formula is C42H53N3O9. The number of furan rings is 2. The van der Waals surface area contributed by atoms with Crippen LogP contribution in [0.3, 0.4) is 0 Å². The van der Waals surface area contributed by atoms with Crippen LogP contribution in [-0.4, -0.2) is 70.4 Å². The zero-order valence-corrected chi connectivity index (χ0v) is 30.2. The molecule has 2 atom stereocenters. The van der Waals surface area contributed by atoms with Crippen LogP contribution in [0, 0.1) is 0 Å². The van der Waals surface area contributed by atoms with Gasteiger partial charge >= 0.3 is 12.2 Å². The number of carbonyl (C=O) groups excluding carboxylic acids is 4. The molecule has 1 aliphatic heterocycles. The van der Waals surface area contributed by atoms with Gasteiger partial charge in [-0.05, 0) is 78.6 Å². The van der Waals surface area contributed by atoms with Crippen molar-refractivity contribution in [3.8, 4) is 0 Å². The molecule has 2 aromatic heterocycles. The zero-order valence-electron chi connectivity index (χ0n) is 30.2. The third kappa shape index (κ3) is 11.0. The fraction of sp³-hybridized carbons (Fsp3) is 0.381. The van der Waals surface area contributed by atoms with Crippen molar-refractivity contribution >= 4 is 45.9 Å². The molecule has 3 aromatic carbocycles. The Morgan fingerprint density at radius 3 is 1.48 bits per heavy atom. The Balaban J connectivity index is 0.000000300. The Kier molecular flexibility index (Phi) is 14.2. The molecule has 3 N–H and O–H groups in total. The number of alkyl carbamates (subject to hydrolysis) is 2. The number of nitrogens with one attached hydrogen (secondary N) is 2. The fourth-order valence-corrected chi connectivity index (χ4v) is 5.81. The van der Waals surface area contributed by atoms with E-state index in [1.165, 1.54) is 4.90 Å². The first kappa shape index (κ1) is 42.8. The first-order valence-corrected chi connectivity index (χ1v) is 17.1. The minimum atomic E-state index is -0.674. The zero-order chi connectivity index (χ0) is 37.6. The third-order valence-electron chi connectivity index (χ3n) is 8.00. The van der Waals surface area contributed by atoms with Gasteiger partial charge in [0.15, 0.2) is 0 Å². The van der Waals surface area contributed by atoms with Crippen LogP contribution in [0.25, 0.3) is 21.9 Å². The molecule has 12 heteroatoms. The summed E-state index contributed by atoms with van der Waals surface area (Å²) in [5.74, 6) is -0.734. The van der Waals surface area contributed by atoms with Crippen LogP contribution < -0.4 is 10.6 Å². The van der Waals surface area contributed by atoms with Gasteiger partial charge in [-0.3, -0.25) is 14.5 Å². The number of carbonyl (C=O) groups is 4. The Morgan fingerprint density at radius 1 is 0.667 bits per heavy atom. The highest BCUT2D eigenvalue weighted by Gasteiger charge is 2.37. The molecule has 0 saturated carbocycles.